The summed E-state index contributed by atoms with van der Waals surface area (Å²) in [5.74, 6) is -0.567. The Hall–Kier alpha value is -1.81. The van der Waals surface area contributed by atoms with E-state index in [1.807, 2.05) is 5.32 Å². The van der Waals surface area contributed by atoms with E-state index in [-0.39, 0.29) is 0 Å². The number of nitrogens with one attached hydrogen (secondary N) is 1. The number of amides is 3. The van der Waals surface area contributed by atoms with E-state index in [1.54, 1.807) is 24.3 Å². The fourth-order valence-electron chi connectivity index (χ4n) is 0.945. The van der Waals surface area contributed by atoms with Gasteiger partial charge >= 0.3 is 6.03 Å². The minimum Gasteiger partial charge on any atom is -0.351 e. The number of carbonyl (C=O) groups excluding carboxylic acids is 2. The highest BCUT2D eigenvalue weighted by atomic mass is 35.5. The van der Waals surface area contributed by atoms with Gasteiger partial charge in [0.15, 0.2) is 0 Å². The van der Waals surface area contributed by atoms with Crippen LogP contribution < -0.4 is 11.1 Å². The SMILES string of the molecule is NC(=O)NC(=O)/C=C/c1cccc(Cl)c1. The second kappa shape index (κ2) is 5.17. The van der Waals surface area contributed by atoms with Gasteiger partial charge in [-0.3, -0.25) is 10.1 Å². The second-order valence-electron chi connectivity index (χ2n) is 2.74. The lowest BCUT2D eigenvalue weighted by Gasteiger charge is -1.95. The van der Waals surface area contributed by atoms with E-state index in [0.29, 0.717) is 5.02 Å². The predicted octanol–water partition coefficient (Wildman–Crippen LogP) is 1.55. The Morgan fingerprint density at radius 3 is 2.73 bits per heavy atom. The molecule has 0 radical (unpaired) electrons. The van der Waals surface area contributed by atoms with Crippen molar-refractivity contribution >= 4 is 29.6 Å². The molecule has 0 spiro atoms. The summed E-state index contributed by atoms with van der Waals surface area (Å²) < 4.78 is 0. The van der Waals surface area contributed by atoms with Crippen LogP contribution in [0.5, 0.6) is 0 Å². The van der Waals surface area contributed by atoms with Crippen molar-refractivity contribution < 1.29 is 9.59 Å². The monoisotopic (exact) mass is 224 g/mol. The highest BCUT2D eigenvalue weighted by molar-refractivity contribution is 6.30. The van der Waals surface area contributed by atoms with Crippen molar-refractivity contribution in [3.05, 3.63) is 40.9 Å². The minimum atomic E-state index is -0.879. The van der Waals surface area contributed by atoms with Gasteiger partial charge in [0.2, 0.25) is 0 Å². The van der Waals surface area contributed by atoms with Crippen molar-refractivity contribution in [3.63, 3.8) is 0 Å². The lowest BCUT2D eigenvalue weighted by molar-refractivity contribution is -0.115. The first kappa shape index (κ1) is 11.3. The maximum atomic E-state index is 11.0. The first-order chi connectivity index (χ1) is 7.08. The van der Waals surface area contributed by atoms with E-state index in [9.17, 15) is 9.59 Å². The zero-order valence-corrected chi connectivity index (χ0v) is 8.49. The number of imide groups is 1. The van der Waals surface area contributed by atoms with E-state index < -0.39 is 11.9 Å². The molecular formula is C10H9ClN2O2. The molecule has 0 atom stereocenters. The minimum absolute atomic E-state index is 0.567. The van der Waals surface area contributed by atoms with E-state index in [1.165, 1.54) is 12.2 Å². The predicted molar refractivity (Wildman–Crippen MR) is 58.2 cm³/mol. The molecule has 0 unspecified atom stereocenters. The molecule has 0 aliphatic carbocycles. The van der Waals surface area contributed by atoms with Crippen LogP contribution in [-0.4, -0.2) is 11.9 Å². The molecule has 0 saturated carbocycles. The summed E-state index contributed by atoms with van der Waals surface area (Å²) in [4.78, 5) is 21.3. The highest BCUT2D eigenvalue weighted by Gasteiger charge is 1.97. The van der Waals surface area contributed by atoms with Crippen molar-refractivity contribution in [2.45, 2.75) is 0 Å². The number of rotatable bonds is 2. The van der Waals surface area contributed by atoms with E-state index >= 15 is 0 Å². The number of hydrogen-bond acceptors (Lipinski definition) is 2. The van der Waals surface area contributed by atoms with Gasteiger partial charge in [-0.25, -0.2) is 4.79 Å². The van der Waals surface area contributed by atoms with Crippen LogP contribution in [0.3, 0.4) is 0 Å². The van der Waals surface area contributed by atoms with Crippen LogP contribution in [-0.2, 0) is 4.79 Å². The summed E-state index contributed by atoms with van der Waals surface area (Å²) in [6.45, 7) is 0. The molecule has 0 fully saturated rings. The van der Waals surface area contributed by atoms with Gasteiger partial charge in [0.1, 0.15) is 0 Å². The average Bonchev–Trinajstić information content (AvgIpc) is 2.14. The van der Waals surface area contributed by atoms with Crippen LogP contribution in [0.2, 0.25) is 5.02 Å². The number of hydrogen-bond donors (Lipinski definition) is 2. The third-order valence-corrected chi connectivity index (χ3v) is 1.76. The maximum Gasteiger partial charge on any atom is 0.319 e. The largest absolute Gasteiger partial charge is 0.351 e. The molecule has 0 heterocycles. The smallest absolute Gasteiger partial charge is 0.319 e. The van der Waals surface area contributed by atoms with Gasteiger partial charge in [0, 0.05) is 11.1 Å². The van der Waals surface area contributed by atoms with Gasteiger partial charge in [-0.2, -0.15) is 0 Å². The number of primary amides is 1. The molecule has 78 valence electrons. The van der Waals surface area contributed by atoms with Crippen molar-refractivity contribution in [2.75, 3.05) is 0 Å². The number of halogens is 1. The number of benzene rings is 1. The second-order valence-corrected chi connectivity index (χ2v) is 3.18. The van der Waals surface area contributed by atoms with Gasteiger partial charge in [-0.1, -0.05) is 23.7 Å². The molecule has 0 aliphatic rings. The Morgan fingerprint density at radius 2 is 2.13 bits per heavy atom. The summed E-state index contributed by atoms with van der Waals surface area (Å²) in [5, 5.41) is 2.48. The summed E-state index contributed by atoms with van der Waals surface area (Å²) >= 11 is 5.74. The van der Waals surface area contributed by atoms with E-state index in [0.717, 1.165) is 5.56 Å². The first-order valence-electron chi connectivity index (χ1n) is 4.12. The zero-order chi connectivity index (χ0) is 11.3. The molecule has 15 heavy (non-hydrogen) atoms. The molecular weight excluding hydrogens is 216 g/mol. The van der Waals surface area contributed by atoms with Crippen LogP contribution in [0.4, 0.5) is 4.79 Å². The molecule has 0 aliphatic heterocycles. The molecule has 3 N–H and O–H groups in total. The van der Waals surface area contributed by atoms with Gasteiger partial charge in [-0.15, -0.1) is 0 Å². The number of carbonyl (C=O) groups is 2. The molecule has 5 heteroatoms. The van der Waals surface area contributed by atoms with Gasteiger partial charge in [0.25, 0.3) is 5.91 Å². The summed E-state index contributed by atoms with van der Waals surface area (Å²) in [6, 6.07) is 6.07. The van der Waals surface area contributed by atoms with Crippen LogP contribution >= 0.6 is 11.6 Å². The Kier molecular flexibility index (Phi) is 3.88. The fraction of sp³-hybridized carbons (Fsp3) is 0. The van der Waals surface area contributed by atoms with Crippen molar-refractivity contribution in [3.8, 4) is 0 Å². The van der Waals surface area contributed by atoms with E-state index in [2.05, 4.69) is 0 Å². The third-order valence-electron chi connectivity index (χ3n) is 1.52. The molecule has 4 nitrogen and oxygen atoms in total. The zero-order valence-electron chi connectivity index (χ0n) is 7.74. The Balaban J connectivity index is 2.65. The van der Waals surface area contributed by atoms with Crippen molar-refractivity contribution in [1.29, 1.82) is 0 Å². The average molecular weight is 225 g/mol. The molecule has 0 saturated heterocycles. The fourth-order valence-corrected chi connectivity index (χ4v) is 1.14. The Morgan fingerprint density at radius 1 is 1.40 bits per heavy atom. The molecule has 1 rings (SSSR count). The summed E-state index contributed by atoms with van der Waals surface area (Å²) in [7, 11) is 0. The quantitative estimate of drug-likeness (QED) is 0.748. The molecule has 0 aromatic heterocycles. The normalized spacial score (nSPS) is 10.2. The lowest BCUT2D eigenvalue weighted by atomic mass is 10.2. The van der Waals surface area contributed by atoms with Crippen LogP contribution in [0.15, 0.2) is 30.3 Å². The molecule has 1 aromatic carbocycles. The van der Waals surface area contributed by atoms with Gasteiger partial charge in [-0.05, 0) is 23.8 Å². The topological polar surface area (TPSA) is 72.2 Å². The molecule has 3 amide bonds. The lowest BCUT2D eigenvalue weighted by Crippen LogP contribution is -2.33. The standard InChI is InChI=1S/C10H9ClN2O2/c11-8-3-1-2-7(6-8)4-5-9(14)13-10(12)15/h1-6H,(H3,12,13,14,15)/b5-4+. The molecule has 1 aromatic rings. The van der Waals surface area contributed by atoms with Crippen molar-refractivity contribution in [2.24, 2.45) is 5.73 Å². The number of urea groups is 1. The van der Waals surface area contributed by atoms with Crippen LogP contribution in [0.1, 0.15) is 5.56 Å². The highest BCUT2D eigenvalue weighted by Crippen LogP contribution is 2.11. The van der Waals surface area contributed by atoms with Crippen LogP contribution in [0, 0.1) is 0 Å². The Labute approximate surface area is 91.7 Å². The van der Waals surface area contributed by atoms with Crippen LogP contribution in [0.25, 0.3) is 6.08 Å². The Bertz CT molecular complexity index is 416. The maximum absolute atomic E-state index is 11.0. The number of nitrogens with two attached hydrogens (primary N) is 1. The first-order valence-corrected chi connectivity index (χ1v) is 4.50. The van der Waals surface area contributed by atoms with Crippen molar-refractivity contribution in [1.82, 2.24) is 5.32 Å². The third kappa shape index (κ3) is 4.28. The van der Waals surface area contributed by atoms with Gasteiger partial charge in [0.05, 0.1) is 0 Å². The molecule has 0 bridgehead atoms. The summed E-state index contributed by atoms with van der Waals surface area (Å²) in [6.07, 6.45) is 2.74. The summed E-state index contributed by atoms with van der Waals surface area (Å²) in [5.41, 5.74) is 5.53. The van der Waals surface area contributed by atoms with Gasteiger partial charge < -0.3 is 5.73 Å². The van der Waals surface area contributed by atoms with E-state index in [4.69, 9.17) is 17.3 Å².